The lowest BCUT2D eigenvalue weighted by molar-refractivity contribution is 0.282. The number of anilines is 1. The lowest BCUT2D eigenvalue weighted by Crippen LogP contribution is -2.50. The highest BCUT2D eigenvalue weighted by molar-refractivity contribution is 5.87. The number of hydrogen-bond acceptors (Lipinski definition) is 5. The highest BCUT2D eigenvalue weighted by Gasteiger charge is 2.35. The predicted octanol–water partition coefficient (Wildman–Crippen LogP) is 3.74. The van der Waals surface area contributed by atoms with Crippen LogP contribution in [0.5, 0.6) is 0 Å². The van der Waals surface area contributed by atoms with Crippen molar-refractivity contribution in [3.63, 3.8) is 0 Å². The molecule has 0 unspecified atom stereocenters. The Morgan fingerprint density at radius 2 is 1.83 bits per heavy atom. The molecule has 2 N–H and O–H groups in total. The first-order valence-corrected chi connectivity index (χ1v) is 10.0. The molecule has 1 saturated heterocycles. The lowest BCUT2D eigenvalue weighted by atomic mass is 9.80. The van der Waals surface area contributed by atoms with Crippen LogP contribution in [-0.2, 0) is 5.54 Å². The molecule has 146 valence electrons. The monoisotopic (exact) mass is 384 g/mol. The SMILES string of the molecule is CNC1(c2cccc(-c3ccncc3)c2)CCN(c2ncnc3[nH]ccc23)CC1. The Morgan fingerprint density at radius 1 is 1.00 bits per heavy atom. The molecular formula is C23H24N6. The van der Waals surface area contributed by atoms with E-state index in [1.165, 1.54) is 16.7 Å². The molecule has 1 aromatic carbocycles. The van der Waals surface area contributed by atoms with Gasteiger partial charge >= 0.3 is 0 Å². The largest absolute Gasteiger partial charge is 0.356 e. The number of nitrogens with one attached hydrogen (secondary N) is 2. The second-order valence-electron chi connectivity index (χ2n) is 7.57. The van der Waals surface area contributed by atoms with Crippen LogP contribution < -0.4 is 10.2 Å². The maximum Gasteiger partial charge on any atom is 0.142 e. The average Bonchev–Trinajstić information content (AvgIpc) is 3.29. The van der Waals surface area contributed by atoms with E-state index in [0.29, 0.717) is 0 Å². The molecule has 0 amide bonds. The molecule has 0 radical (unpaired) electrons. The van der Waals surface area contributed by atoms with Crippen LogP contribution in [-0.4, -0.2) is 40.1 Å². The molecule has 0 aliphatic carbocycles. The normalized spacial score (nSPS) is 16.2. The number of piperidine rings is 1. The topological polar surface area (TPSA) is 69.7 Å². The van der Waals surface area contributed by atoms with Crippen molar-refractivity contribution in [3.05, 3.63) is 72.9 Å². The minimum atomic E-state index is -0.0379. The number of hydrogen-bond donors (Lipinski definition) is 2. The van der Waals surface area contributed by atoms with Crippen LogP contribution >= 0.6 is 0 Å². The molecule has 1 aliphatic heterocycles. The van der Waals surface area contributed by atoms with E-state index >= 15 is 0 Å². The van der Waals surface area contributed by atoms with Gasteiger partial charge in [0.25, 0.3) is 0 Å². The first-order chi connectivity index (χ1) is 14.3. The smallest absolute Gasteiger partial charge is 0.142 e. The number of benzene rings is 1. The molecule has 5 rings (SSSR count). The third-order valence-electron chi connectivity index (χ3n) is 6.16. The molecule has 1 fully saturated rings. The van der Waals surface area contributed by atoms with Crippen LogP contribution in [0.15, 0.2) is 67.4 Å². The maximum absolute atomic E-state index is 4.57. The summed E-state index contributed by atoms with van der Waals surface area (Å²) in [6, 6.07) is 15.1. The zero-order chi connectivity index (χ0) is 19.7. The number of H-pyrrole nitrogens is 1. The summed E-state index contributed by atoms with van der Waals surface area (Å²) in [6.45, 7) is 1.88. The molecule has 0 saturated carbocycles. The van der Waals surface area contributed by atoms with E-state index in [1.54, 1.807) is 6.33 Å². The summed E-state index contributed by atoms with van der Waals surface area (Å²) in [6.07, 6.45) is 9.29. The summed E-state index contributed by atoms with van der Waals surface area (Å²) in [5.41, 5.74) is 4.62. The molecule has 0 spiro atoms. The summed E-state index contributed by atoms with van der Waals surface area (Å²) in [5, 5.41) is 4.73. The van der Waals surface area contributed by atoms with Crippen molar-refractivity contribution >= 4 is 16.9 Å². The van der Waals surface area contributed by atoms with Crippen LogP contribution in [0.1, 0.15) is 18.4 Å². The predicted molar refractivity (Wildman–Crippen MR) is 116 cm³/mol. The van der Waals surface area contributed by atoms with Crippen molar-refractivity contribution in [2.24, 2.45) is 0 Å². The molecular weight excluding hydrogens is 360 g/mol. The molecule has 29 heavy (non-hydrogen) atoms. The molecule has 4 aromatic rings. The number of rotatable bonds is 4. The van der Waals surface area contributed by atoms with Gasteiger partial charge in [-0.15, -0.1) is 0 Å². The van der Waals surface area contributed by atoms with Gasteiger partial charge in [-0.05, 0) is 60.8 Å². The number of pyridine rings is 1. The van der Waals surface area contributed by atoms with E-state index in [4.69, 9.17) is 0 Å². The number of aromatic amines is 1. The van der Waals surface area contributed by atoms with Crippen LogP contribution in [0.4, 0.5) is 5.82 Å². The summed E-state index contributed by atoms with van der Waals surface area (Å²) < 4.78 is 0. The summed E-state index contributed by atoms with van der Waals surface area (Å²) >= 11 is 0. The van der Waals surface area contributed by atoms with Crippen molar-refractivity contribution in [2.75, 3.05) is 25.0 Å². The first-order valence-electron chi connectivity index (χ1n) is 10.0. The lowest BCUT2D eigenvalue weighted by Gasteiger charge is -2.43. The van der Waals surface area contributed by atoms with Gasteiger partial charge in [-0.1, -0.05) is 18.2 Å². The summed E-state index contributed by atoms with van der Waals surface area (Å²) in [5.74, 6) is 1.02. The molecule has 0 bridgehead atoms. The Kier molecular flexibility index (Phi) is 4.48. The van der Waals surface area contributed by atoms with Crippen LogP contribution in [0.3, 0.4) is 0 Å². The van der Waals surface area contributed by atoms with Gasteiger partial charge in [0, 0.05) is 37.2 Å². The standard InChI is InChI=1S/C23H24N6/c1-24-23(19-4-2-3-18(15-19)17-5-10-25-11-6-17)8-13-29(14-9-23)22-20-7-12-26-21(20)27-16-28-22/h2-7,10-12,15-16,24H,8-9,13-14H2,1H3,(H,26,27,28). The highest BCUT2D eigenvalue weighted by atomic mass is 15.2. The molecule has 4 heterocycles. The van der Waals surface area contributed by atoms with Gasteiger partial charge in [0.05, 0.1) is 5.39 Å². The van der Waals surface area contributed by atoms with E-state index < -0.39 is 0 Å². The summed E-state index contributed by atoms with van der Waals surface area (Å²) in [4.78, 5) is 18.6. The number of nitrogens with zero attached hydrogens (tertiary/aromatic N) is 4. The third kappa shape index (κ3) is 3.15. The molecule has 6 nitrogen and oxygen atoms in total. The molecule has 1 aliphatic rings. The van der Waals surface area contributed by atoms with Gasteiger partial charge < -0.3 is 15.2 Å². The fourth-order valence-corrected chi connectivity index (χ4v) is 4.43. The zero-order valence-electron chi connectivity index (χ0n) is 16.5. The fourth-order valence-electron chi connectivity index (χ4n) is 4.43. The van der Waals surface area contributed by atoms with Gasteiger partial charge in [0.15, 0.2) is 0 Å². The quantitative estimate of drug-likeness (QED) is 0.561. The van der Waals surface area contributed by atoms with E-state index in [9.17, 15) is 0 Å². The highest BCUT2D eigenvalue weighted by Crippen LogP contribution is 2.36. The second-order valence-corrected chi connectivity index (χ2v) is 7.57. The fraction of sp³-hybridized carbons (Fsp3) is 0.261. The van der Waals surface area contributed by atoms with Crippen molar-refractivity contribution in [3.8, 4) is 11.1 Å². The number of fused-ring (bicyclic) bond motifs is 1. The van der Waals surface area contributed by atoms with Gasteiger partial charge in [0.2, 0.25) is 0 Å². The van der Waals surface area contributed by atoms with Gasteiger partial charge in [-0.3, -0.25) is 4.98 Å². The minimum absolute atomic E-state index is 0.0379. The average molecular weight is 384 g/mol. The first kappa shape index (κ1) is 17.8. The van der Waals surface area contributed by atoms with Crippen molar-refractivity contribution in [1.29, 1.82) is 0 Å². The minimum Gasteiger partial charge on any atom is -0.356 e. The zero-order valence-corrected chi connectivity index (χ0v) is 16.5. The second kappa shape index (κ2) is 7.29. The molecule has 0 atom stereocenters. The van der Waals surface area contributed by atoms with Gasteiger partial charge in [0.1, 0.15) is 17.8 Å². The van der Waals surface area contributed by atoms with Crippen molar-refractivity contribution in [2.45, 2.75) is 18.4 Å². The van der Waals surface area contributed by atoms with Gasteiger partial charge in [-0.25, -0.2) is 9.97 Å². The van der Waals surface area contributed by atoms with E-state index in [1.807, 2.05) is 18.6 Å². The van der Waals surface area contributed by atoms with Crippen molar-refractivity contribution < 1.29 is 0 Å². The summed E-state index contributed by atoms with van der Waals surface area (Å²) in [7, 11) is 2.07. The number of aromatic nitrogens is 4. The van der Waals surface area contributed by atoms with E-state index in [0.717, 1.165) is 42.8 Å². The van der Waals surface area contributed by atoms with Gasteiger partial charge in [-0.2, -0.15) is 0 Å². The Balaban J connectivity index is 1.42. The Morgan fingerprint density at radius 3 is 2.62 bits per heavy atom. The third-order valence-corrected chi connectivity index (χ3v) is 6.16. The molecule has 6 heteroatoms. The van der Waals surface area contributed by atoms with E-state index in [2.05, 4.69) is 79.7 Å². The van der Waals surface area contributed by atoms with Crippen LogP contribution in [0.2, 0.25) is 0 Å². The van der Waals surface area contributed by atoms with Crippen LogP contribution in [0.25, 0.3) is 22.2 Å². The molecule has 3 aromatic heterocycles. The van der Waals surface area contributed by atoms with Crippen molar-refractivity contribution in [1.82, 2.24) is 25.3 Å². The van der Waals surface area contributed by atoms with E-state index in [-0.39, 0.29) is 5.54 Å². The van der Waals surface area contributed by atoms with Crippen LogP contribution in [0, 0.1) is 0 Å². The Hall–Kier alpha value is -3.25. The maximum atomic E-state index is 4.57. The Labute approximate surface area is 170 Å². The Bertz CT molecular complexity index is 1110.